The Morgan fingerprint density at radius 1 is 0.824 bits per heavy atom. The Kier molecular flexibility index (Phi) is 3.10. The Hall–Kier alpha value is -0.670. The third-order valence-electron chi connectivity index (χ3n) is 2.21. The van der Waals surface area contributed by atoms with E-state index < -0.39 is 43.1 Å². The highest BCUT2D eigenvalue weighted by Crippen LogP contribution is 2.55. The van der Waals surface area contributed by atoms with E-state index in [1.807, 2.05) is 0 Å². The Labute approximate surface area is 88.5 Å². The molecule has 0 N–H and O–H groups in total. The van der Waals surface area contributed by atoms with Crippen LogP contribution in [0.3, 0.4) is 0 Å². The van der Waals surface area contributed by atoms with E-state index >= 15 is 0 Å². The normalized spacial score (nSPS) is 25.6. The van der Waals surface area contributed by atoms with Crippen molar-refractivity contribution in [2.75, 3.05) is 6.61 Å². The van der Waals surface area contributed by atoms with Gasteiger partial charge in [-0.1, -0.05) is 0 Å². The van der Waals surface area contributed by atoms with Gasteiger partial charge in [-0.05, 0) is 0 Å². The third-order valence-corrected chi connectivity index (χ3v) is 2.21. The van der Waals surface area contributed by atoms with Crippen molar-refractivity contribution in [2.24, 2.45) is 0 Å². The highest BCUT2D eigenvalue weighted by Gasteiger charge is 2.81. The van der Waals surface area contributed by atoms with E-state index in [2.05, 4.69) is 4.74 Å². The van der Waals surface area contributed by atoms with E-state index in [0.29, 0.717) is 0 Å². The molecule has 0 saturated carbocycles. The molecule has 0 radical (unpaired) electrons. The lowest BCUT2D eigenvalue weighted by Crippen LogP contribution is -2.62. The molecule has 10 heteroatoms. The summed E-state index contributed by atoms with van der Waals surface area (Å²) in [6.45, 7) is -0.477. The van der Waals surface area contributed by atoms with E-state index in [1.165, 1.54) is 0 Å². The number of alkyl halides is 9. The third kappa shape index (κ3) is 2.31. The maximum Gasteiger partial charge on any atom is 0.457 e. The highest BCUT2D eigenvalue weighted by molar-refractivity contribution is 5.06. The van der Waals surface area contributed by atoms with Crippen molar-refractivity contribution < 1.29 is 44.3 Å². The van der Waals surface area contributed by atoms with E-state index in [9.17, 15) is 39.5 Å². The fourth-order valence-corrected chi connectivity index (χ4v) is 1.15. The predicted molar refractivity (Wildman–Crippen MR) is 35.3 cm³/mol. The van der Waals surface area contributed by atoms with Crippen LogP contribution in [-0.4, -0.2) is 36.7 Å². The van der Waals surface area contributed by atoms with Crippen LogP contribution in [-0.2, 0) is 4.74 Å². The molecule has 0 spiro atoms. The molecule has 1 heterocycles. The molecule has 0 aromatic rings. The SMILES string of the molecule is FC(F)(F)C(F)(F)C(F)(CC1CO1)C(F)(F)F. The van der Waals surface area contributed by atoms with Crippen molar-refractivity contribution in [2.45, 2.75) is 36.5 Å². The van der Waals surface area contributed by atoms with Crippen LogP contribution in [0.4, 0.5) is 39.5 Å². The summed E-state index contributed by atoms with van der Waals surface area (Å²) in [5.41, 5.74) is -5.68. The van der Waals surface area contributed by atoms with Crippen LogP contribution in [0, 0.1) is 0 Å². The zero-order valence-corrected chi connectivity index (χ0v) is 7.80. The number of hydrogen-bond acceptors (Lipinski definition) is 1. The van der Waals surface area contributed by atoms with Crippen molar-refractivity contribution in [1.82, 2.24) is 0 Å². The molecule has 2 atom stereocenters. The van der Waals surface area contributed by atoms with Gasteiger partial charge in [0.05, 0.1) is 12.7 Å². The van der Waals surface area contributed by atoms with Gasteiger partial charge in [0, 0.05) is 6.42 Å². The first kappa shape index (κ1) is 14.4. The molecule has 2 unspecified atom stereocenters. The van der Waals surface area contributed by atoms with Crippen molar-refractivity contribution >= 4 is 0 Å². The van der Waals surface area contributed by atoms with Gasteiger partial charge in [0.15, 0.2) is 0 Å². The molecule has 1 aliphatic rings. The fraction of sp³-hybridized carbons (Fsp3) is 1.00. The lowest BCUT2D eigenvalue weighted by atomic mass is 9.91. The number of rotatable bonds is 3. The summed E-state index contributed by atoms with van der Waals surface area (Å²) in [5, 5.41) is 0. The summed E-state index contributed by atoms with van der Waals surface area (Å²) in [7, 11) is 0. The first-order chi connectivity index (χ1) is 7.33. The molecule has 0 amide bonds. The zero-order chi connectivity index (χ0) is 13.7. The van der Waals surface area contributed by atoms with Crippen molar-refractivity contribution in [3.8, 4) is 0 Å². The molecule has 102 valence electrons. The smallest absolute Gasteiger partial charge is 0.373 e. The van der Waals surface area contributed by atoms with E-state index in [0.717, 1.165) is 0 Å². The highest BCUT2D eigenvalue weighted by atomic mass is 19.4. The van der Waals surface area contributed by atoms with Gasteiger partial charge in [-0.25, -0.2) is 4.39 Å². The number of epoxide rings is 1. The summed E-state index contributed by atoms with van der Waals surface area (Å²) in [5.74, 6) is -6.52. The second kappa shape index (κ2) is 3.66. The molecular formula is C7H5F9O. The molecule has 1 nitrogen and oxygen atoms in total. The average Bonchev–Trinajstić information content (AvgIpc) is 2.83. The molecule has 1 fully saturated rings. The van der Waals surface area contributed by atoms with Crippen LogP contribution in [0.1, 0.15) is 6.42 Å². The molecule has 0 bridgehead atoms. The Balaban J connectivity index is 3.13. The van der Waals surface area contributed by atoms with Crippen LogP contribution in [0.15, 0.2) is 0 Å². The van der Waals surface area contributed by atoms with E-state index in [-0.39, 0.29) is 0 Å². The first-order valence-electron chi connectivity index (χ1n) is 4.15. The minimum Gasteiger partial charge on any atom is -0.373 e. The minimum atomic E-state index is -6.63. The quantitative estimate of drug-likeness (QED) is 0.569. The molecule has 17 heavy (non-hydrogen) atoms. The fourth-order valence-electron chi connectivity index (χ4n) is 1.15. The van der Waals surface area contributed by atoms with E-state index in [1.54, 1.807) is 0 Å². The van der Waals surface area contributed by atoms with Gasteiger partial charge < -0.3 is 4.74 Å². The van der Waals surface area contributed by atoms with Crippen molar-refractivity contribution in [1.29, 1.82) is 0 Å². The number of hydrogen-bond donors (Lipinski definition) is 0. The van der Waals surface area contributed by atoms with E-state index in [4.69, 9.17) is 0 Å². The molecule has 0 aromatic carbocycles. The second-order valence-electron chi connectivity index (χ2n) is 3.53. The lowest BCUT2D eigenvalue weighted by Gasteiger charge is -2.35. The Morgan fingerprint density at radius 2 is 1.24 bits per heavy atom. The van der Waals surface area contributed by atoms with Crippen LogP contribution >= 0.6 is 0 Å². The van der Waals surface area contributed by atoms with Crippen molar-refractivity contribution in [3.05, 3.63) is 0 Å². The van der Waals surface area contributed by atoms with Gasteiger partial charge in [-0.15, -0.1) is 0 Å². The van der Waals surface area contributed by atoms with Gasteiger partial charge in [-0.3, -0.25) is 0 Å². The van der Waals surface area contributed by atoms with Crippen LogP contribution < -0.4 is 0 Å². The summed E-state index contributed by atoms with van der Waals surface area (Å²) < 4.78 is 114. The molecule has 1 rings (SSSR count). The molecule has 0 aromatic heterocycles. The molecule has 0 aliphatic carbocycles. The summed E-state index contributed by atoms with van der Waals surface area (Å²) in [6, 6.07) is 0. The van der Waals surface area contributed by atoms with Gasteiger partial charge in [0.25, 0.3) is 5.67 Å². The molecular weight excluding hydrogens is 271 g/mol. The number of ether oxygens (including phenoxy) is 1. The summed E-state index contributed by atoms with van der Waals surface area (Å²) >= 11 is 0. The summed E-state index contributed by atoms with van der Waals surface area (Å²) in [4.78, 5) is 0. The van der Waals surface area contributed by atoms with Crippen LogP contribution in [0.5, 0.6) is 0 Å². The van der Waals surface area contributed by atoms with Crippen LogP contribution in [0.2, 0.25) is 0 Å². The minimum absolute atomic E-state index is 0.477. The standard InChI is InChI=1S/C7H5F9O/c8-4(6(11,12)13,1-3-2-17-3)5(9,10)7(14,15)16/h3H,1-2H2. The van der Waals surface area contributed by atoms with Crippen molar-refractivity contribution in [3.63, 3.8) is 0 Å². The predicted octanol–water partition coefficient (Wildman–Crippen LogP) is 3.24. The van der Waals surface area contributed by atoms with Gasteiger partial charge in [-0.2, -0.15) is 35.1 Å². The zero-order valence-electron chi connectivity index (χ0n) is 7.80. The second-order valence-corrected chi connectivity index (χ2v) is 3.53. The topological polar surface area (TPSA) is 12.5 Å². The maximum absolute atomic E-state index is 13.2. The largest absolute Gasteiger partial charge is 0.457 e. The molecule has 1 aliphatic heterocycles. The number of halogens is 9. The molecule has 1 saturated heterocycles. The lowest BCUT2D eigenvalue weighted by molar-refractivity contribution is -0.385. The van der Waals surface area contributed by atoms with Gasteiger partial charge in [0.1, 0.15) is 0 Å². The first-order valence-corrected chi connectivity index (χ1v) is 4.15. The van der Waals surface area contributed by atoms with Gasteiger partial charge >= 0.3 is 18.3 Å². The Bertz CT molecular complexity index is 289. The Morgan fingerprint density at radius 3 is 1.47 bits per heavy atom. The van der Waals surface area contributed by atoms with Crippen LogP contribution in [0.25, 0.3) is 0 Å². The summed E-state index contributed by atoms with van der Waals surface area (Å²) in [6.07, 6.45) is -16.6. The monoisotopic (exact) mass is 276 g/mol. The average molecular weight is 276 g/mol. The maximum atomic E-state index is 13.2. The van der Waals surface area contributed by atoms with Gasteiger partial charge in [0.2, 0.25) is 0 Å².